The molecule has 1 fully saturated rings. The van der Waals surface area contributed by atoms with E-state index in [1.54, 1.807) is 13.3 Å². The molecule has 1 aromatic heterocycles. The maximum atomic E-state index is 6.06. The highest BCUT2D eigenvalue weighted by Crippen LogP contribution is 2.25. The minimum Gasteiger partial charge on any atom is -0.474 e. The van der Waals surface area contributed by atoms with Gasteiger partial charge in [0.1, 0.15) is 6.10 Å². The first-order valence-corrected chi connectivity index (χ1v) is 8.45. The van der Waals surface area contributed by atoms with Crippen LogP contribution in [0.1, 0.15) is 38.2 Å². The highest BCUT2D eigenvalue weighted by molar-refractivity contribution is 14.0. The second kappa shape index (κ2) is 12.3. The third-order valence-corrected chi connectivity index (χ3v) is 3.78. The number of ether oxygens (including phenoxy) is 2. The number of methoxy groups -OCH3 is 1. The SMILES string of the molecule is CCNC(=NCc1cccnc1OC1CCCC1)NCCOC.I. The van der Waals surface area contributed by atoms with Crippen LogP contribution in [0, 0.1) is 0 Å². The zero-order valence-corrected chi connectivity index (χ0v) is 16.9. The first-order valence-electron chi connectivity index (χ1n) is 8.45. The van der Waals surface area contributed by atoms with Crippen molar-refractivity contribution in [3.05, 3.63) is 23.9 Å². The number of nitrogens with one attached hydrogen (secondary N) is 2. The van der Waals surface area contributed by atoms with Gasteiger partial charge >= 0.3 is 0 Å². The van der Waals surface area contributed by atoms with Crippen molar-refractivity contribution in [1.82, 2.24) is 15.6 Å². The maximum absolute atomic E-state index is 6.06. The summed E-state index contributed by atoms with van der Waals surface area (Å²) >= 11 is 0. The van der Waals surface area contributed by atoms with Crippen molar-refractivity contribution < 1.29 is 9.47 Å². The Morgan fingerprint density at radius 3 is 2.83 bits per heavy atom. The molecule has 2 rings (SSSR count). The van der Waals surface area contributed by atoms with Crippen molar-refractivity contribution in [2.75, 3.05) is 26.8 Å². The molecule has 0 amide bonds. The average Bonchev–Trinajstić information content (AvgIpc) is 3.07. The summed E-state index contributed by atoms with van der Waals surface area (Å²) in [4.78, 5) is 9.00. The number of halogens is 1. The number of hydrogen-bond acceptors (Lipinski definition) is 4. The second-order valence-electron chi connectivity index (χ2n) is 5.61. The molecule has 24 heavy (non-hydrogen) atoms. The predicted molar refractivity (Wildman–Crippen MR) is 107 cm³/mol. The normalized spacial score (nSPS) is 15.0. The van der Waals surface area contributed by atoms with Crippen molar-refractivity contribution in [3.8, 4) is 5.88 Å². The minimum atomic E-state index is 0. The number of pyridine rings is 1. The van der Waals surface area contributed by atoms with Crippen LogP contribution in [-0.2, 0) is 11.3 Å². The van der Waals surface area contributed by atoms with Crippen LogP contribution in [0.3, 0.4) is 0 Å². The molecule has 0 bridgehead atoms. The van der Waals surface area contributed by atoms with Crippen LogP contribution in [-0.4, -0.2) is 43.9 Å². The largest absolute Gasteiger partial charge is 0.474 e. The van der Waals surface area contributed by atoms with Gasteiger partial charge in [-0.3, -0.25) is 0 Å². The predicted octanol–water partition coefficient (Wildman–Crippen LogP) is 2.72. The van der Waals surface area contributed by atoms with E-state index in [-0.39, 0.29) is 24.0 Å². The number of guanidine groups is 1. The Bertz CT molecular complexity index is 493. The first-order chi connectivity index (χ1) is 11.3. The molecular weight excluding hydrogens is 419 g/mol. The lowest BCUT2D eigenvalue weighted by Crippen LogP contribution is -2.38. The first kappa shape index (κ1) is 21.0. The van der Waals surface area contributed by atoms with Crippen molar-refractivity contribution >= 4 is 29.9 Å². The quantitative estimate of drug-likeness (QED) is 0.277. The average molecular weight is 448 g/mol. The van der Waals surface area contributed by atoms with E-state index in [0.29, 0.717) is 19.3 Å². The summed E-state index contributed by atoms with van der Waals surface area (Å²) in [6.45, 7) is 4.77. The fourth-order valence-corrected chi connectivity index (χ4v) is 2.59. The van der Waals surface area contributed by atoms with Crippen LogP contribution < -0.4 is 15.4 Å². The Kier molecular flexibility index (Phi) is 10.7. The van der Waals surface area contributed by atoms with Crippen molar-refractivity contribution in [2.24, 2.45) is 4.99 Å². The molecule has 0 unspecified atom stereocenters. The van der Waals surface area contributed by atoms with E-state index in [0.717, 1.165) is 43.3 Å². The number of rotatable bonds is 8. The molecule has 6 nitrogen and oxygen atoms in total. The van der Waals surface area contributed by atoms with Crippen LogP contribution in [0.4, 0.5) is 0 Å². The van der Waals surface area contributed by atoms with E-state index < -0.39 is 0 Å². The van der Waals surface area contributed by atoms with Crippen LogP contribution in [0.5, 0.6) is 5.88 Å². The Labute approximate surface area is 161 Å². The summed E-state index contributed by atoms with van der Waals surface area (Å²) in [5.74, 6) is 1.50. The Morgan fingerprint density at radius 1 is 1.33 bits per heavy atom. The Balaban J connectivity index is 0.00000288. The third kappa shape index (κ3) is 7.21. The van der Waals surface area contributed by atoms with Gasteiger partial charge in [-0.05, 0) is 38.7 Å². The van der Waals surface area contributed by atoms with Crippen molar-refractivity contribution in [3.63, 3.8) is 0 Å². The van der Waals surface area contributed by atoms with Crippen molar-refractivity contribution in [1.29, 1.82) is 0 Å². The van der Waals surface area contributed by atoms with E-state index in [9.17, 15) is 0 Å². The van der Waals surface area contributed by atoms with Gasteiger partial charge in [0.05, 0.1) is 13.2 Å². The van der Waals surface area contributed by atoms with Gasteiger partial charge in [-0.25, -0.2) is 9.98 Å². The number of hydrogen-bond donors (Lipinski definition) is 2. The van der Waals surface area contributed by atoms with E-state index in [4.69, 9.17) is 9.47 Å². The number of aromatic nitrogens is 1. The van der Waals surface area contributed by atoms with Crippen LogP contribution >= 0.6 is 24.0 Å². The maximum Gasteiger partial charge on any atom is 0.218 e. The molecular formula is C17H29IN4O2. The lowest BCUT2D eigenvalue weighted by atomic mass is 10.2. The molecule has 7 heteroatoms. The minimum absolute atomic E-state index is 0. The summed E-state index contributed by atoms with van der Waals surface area (Å²) < 4.78 is 11.1. The fourth-order valence-electron chi connectivity index (χ4n) is 2.59. The second-order valence-corrected chi connectivity index (χ2v) is 5.61. The Hall–Kier alpha value is -1.09. The Morgan fingerprint density at radius 2 is 2.12 bits per heavy atom. The molecule has 136 valence electrons. The van der Waals surface area contributed by atoms with Gasteiger partial charge in [-0.2, -0.15) is 0 Å². The van der Waals surface area contributed by atoms with Gasteiger partial charge < -0.3 is 20.1 Å². The monoisotopic (exact) mass is 448 g/mol. The molecule has 1 aromatic rings. The van der Waals surface area contributed by atoms with Gasteiger partial charge in [0.25, 0.3) is 0 Å². The smallest absolute Gasteiger partial charge is 0.218 e. The molecule has 1 aliphatic carbocycles. The summed E-state index contributed by atoms with van der Waals surface area (Å²) in [6, 6.07) is 3.96. The van der Waals surface area contributed by atoms with Gasteiger partial charge in [0.2, 0.25) is 5.88 Å². The van der Waals surface area contributed by atoms with Gasteiger partial charge in [0, 0.05) is 32.0 Å². The number of nitrogens with zero attached hydrogens (tertiary/aromatic N) is 2. The molecule has 2 N–H and O–H groups in total. The van der Waals surface area contributed by atoms with Crippen molar-refractivity contribution in [2.45, 2.75) is 45.3 Å². The zero-order valence-electron chi connectivity index (χ0n) is 14.6. The van der Waals surface area contributed by atoms with E-state index in [2.05, 4.69) is 20.6 Å². The summed E-state index contributed by atoms with van der Waals surface area (Å²) in [7, 11) is 1.69. The van der Waals surface area contributed by atoms with E-state index >= 15 is 0 Å². The fraction of sp³-hybridized carbons (Fsp3) is 0.647. The molecule has 0 spiro atoms. The van der Waals surface area contributed by atoms with Gasteiger partial charge in [-0.1, -0.05) is 6.07 Å². The van der Waals surface area contributed by atoms with Gasteiger partial charge in [0.15, 0.2) is 5.96 Å². The molecule has 0 aromatic carbocycles. The molecule has 0 radical (unpaired) electrons. The lowest BCUT2D eigenvalue weighted by Gasteiger charge is -2.15. The topological polar surface area (TPSA) is 67.8 Å². The molecule has 0 aliphatic heterocycles. The van der Waals surface area contributed by atoms with E-state index in [1.807, 2.05) is 19.1 Å². The van der Waals surface area contributed by atoms with Crippen LogP contribution in [0.15, 0.2) is 23.3 Å². The van der Waals surface area contributed by atoms with E-state index in [1.165, 1.54) is 12.8 Å². The van der Waals surface area contributed by atoms with Crippen LogP contribution in [0.2, 0.25) is 0 Å². The zero-order chi connectivity index (χ0) is 16.3. The molecule has 0 atom stereocenters. The summed E-state index contributed by atoms with van der Waals surface area (Å²) in [5, 5.41) is 6.46. The number of aliphatic imine (C=N–C) groups is 1. The standard InChI is InChI=1S/C17H28N4O2.HI/c1-3-18-17(20-11-12-22-2)21-13-14-7-6-10-19-16(14)23-15-8-4-5-9-15;/h6-7,10,15H,3-5,8-9,11-13H2,1-2H3,(H2,18,20,21);1H. The van der Waals surface area contributed by atoms with Crippen LogP contribution in [0.25, 0.3) is 0 Å². The highest BCUT2D eigenvalue weighted by atomic mass is 127. The summed E-state index contributed by atoms with van der Waals surface area (Å²) in [6.07, 6.45) is 6.83. The lowest BCUT2D eigenvalue weighted by molar-refractivity contribution is 0.199. The third-order valence-electron chi connectivity index (χ3n) is 3.78. The molecule has 1 aliphatic rings. The molecule has 1 heterocycles. The summed E-state index contributed by atoms with van der Waals surface area (Å²) in [5.41, 5.74) is 1.02. The molecule has 1 saturated carbocycles. The highest BCUT2D eigenvalue weighted by Gasteiger charge is 2.18. The van der Waals surface area contributed by atoms with Gasteiger partial charge in [-0.15, -0.1) is 24.0 Å². The molecule has 0 saturated heterocycles.